The number of hydrogen-bond donors (Lipinski definition) is 1. The molecule has 1 aliphatic carbocycles. The number of halogens is 3. The molecule has 0 aliphatic heterocycles. The van der Waals surface area contributed by atoms with Crippen LogP contribution in [-0.4, -0.2) is 18.7 Å². The molecule has 3 aromatic rings. The van der Waals surface area contributed by atoms with E-state index in [0.717, 1.165) is 54.0 Å². The molecule has 4 rings (SSSR count). The van der Waals surface area contributed by atoms with Crippen LogP contribution in [0.4, 0.5) is 10.7 Å². The number of nitrogens with one attached hydrogen (secondary N) is 1. The zero-order valence-corrected chi connectivity index (χ0v) is 26.6. The van der Waals surface area contributed by atoms with Crippen molar-refractivity contribution in [2.24, 2.45) is 16.3 Å². The SMILES string of the molecule is CCOc1c(I)cc(C=Nc2sc3c(c2C(=O)Nc2ccc(Cl)cc2)CC[C@H](C(C)(C)C)C3)cc1I. The van der Waals surface area contributed by atoms with E-state index in [-0.39, 0.29) is 11.3 Å². The lowest BCUT2D eigenvalue weighted by Gasteiger charge is -2.33. The molecule has 8 heteroatoms. The summed E-state index contributed by atoms with van der Waals surface area (Å²) in [5.74, 6) is 1.37. The summed E-state index contributed by atoms with van der Waals surface area (Å²) in [7, 11) is 0. The van der Waals surface area contributed by atoms with E-state index in [1.54, 1.807) is 23.5 Å². The third-order valence-corrected chi connectivity index (χ3v) is 9.46. The van der Waals surface area contributed by atoms with Gasteiger partial charge in [-0.2, -0.15) is 0 Å². The van der Waals surface area contributed by atoms with E-state index in [2.05, 4.69) is 83.4 Å². The number of aliphatic imine (C=N–C) groups is 1. The van der Waals surface area contributed by atoms with Crippen LogP contribution in [0.25, 0.3) is 0 Å². The highest BCUT2D eigenvalue weighted by molar-refractivity contribution is 14.1. The van der Waals surface area contributed by atoms with Crippen LogP contribution >= 0.6 is 68.1 Å². The summed E-state index contributed by atoms with van der Waals surface area (Å²) in [6, 6.07) is 11.3. The normalized spacial score (nSPS) is 15.7. The highest BCUT2D eigenvalue weighted by Gasteiger charge is 2.33. The number of carbonyl (C=O) groups excluding carboxylic acids is 1. The number of thiophene rings is 1. The lowest BCUT2D eigenvalue weighted by atomic mass is 9.72. The zero-order chi connectivity index (χ0) is 26.0. The second kappa shape index (κ2) is 11.7. The topological polar surface area (TPSA) is 50.7 Å². The standard InChI is InChI=1S/C28H29ClI2N2O2S/c1-5-35-25-21(30)12-16(13-22(25)31)15-32-27-24(26(34)33-19-9-7-18(29)8-10-19)20-11-6-17(28(2,3)4)14-23(20)36-27/h7-10,12-13,15,17H,5-6,11,14H2,1-4H3,(H,33,34)/t17-/m0/s1. The number of rotatable bonds is 6. The molecule has 0 radical (unpaired) electrons. The predicted octanol–water partition coefficient (Wildman–Crippen LogP) is 9.16. The molecule has 0 unspecified atom stereocenters. The molecule has 0 bridgehead atoms. The molecule has 190 valence electrons. The molecule has 2 aromatic carbocycles. The summed E-state index contributed by atoms with van der Waals surface area (Å²) in [6.45, 7) is 9.53. The maximum Gasteiger partial charge on any atom is 0.259 e. The first-order valence-corrected chi connectivity index (χ1v) is 15.3. The summed E-state index contributed by atoms with van der Waals surface area (Å²) < 4.78 is 7.86. The first-order chi connectivity index (χ1) is 17.1. The van der Waals surface area contributed by atoms with Gasteiger partial charge in [-0.15, -0.1) is 11.3 Å². The summed E-state index contributed by atoms with van der Waals surface area (Å²) in [6.07, 6.45) is 4.81. The van der Waals surface area contributed by atoms with Crippen molar-refractivity contribution in [3.05, 3.63) is 70.1 Å². The average molecular weight is 747 g/mol. The first-order valence-electron chi connectivity index (χ1n) is 11.9. The van der Waals surface area contributed by atoms with Crippen LogP contribution in [0.15, 0.2) is 41.4 Å². The molecule has 0 fully saturated rings. The number of fused-ring (bicyclic) bond motifs is 1. The third kappa shape index (κ3) is 6.45. The molecule has 1 aromatic heterocycles. The van der Waals surface area contributed by atoms with Gasteiger partial charge in [-0.25, -0.2) is 4.99 Å². The number of amides is 1. The Labute approximate surface area is 249 Å². The molecule has 4 nitrogen and oxygen atoms in total. The summed E-state index contributed by atoms with van der Waals surface area (Å²) in [5.41, 5.74) is 3.78. The molecule has 0 saturated heterocycles. The molecule has 0 saturated carbocycles. The first kappa shape index (κ1) is 27.9. The zero-order valence-electron chi connectivity index (χ0n) is 20.8. The van der Waals surface area contributed by atoms with Crippen molar-refractivity contribution in [1.82, 2.24) is 0 Å². The Morgan fingerprint density at radius 1 is 1.22 bits per heavy atom. The number of hydrogen-bond acceptors (Lipinski definition) is 4. The van der Waals surface area contributed by atoms with Crippen molar-refractivity contribution in [2.45, 2.75) is 47.0 Å². The van der Waals surface area contributed by atoms with Crippen LogP contribution in [0.5, 0.6) is 5.75 Å². The van der Waals surface area contributed by atoms with Gasteiger partial charge < -0.3 is 10.1 Å². The quantitative estimate of drug-likeness (QED) is 0.202. The Bertz CT molecular complexity index is 1270. The second-order valence-electron chi connectivity index (χ2n) is 9.96. The van der Waals surface area contributed by atoms with Gasteiger partial charge in [0.2, 0.25) is 0 Å². The molecular formula is C28H29ClI2N2O2S. The molecule has 0 spiro atoms. The van der Waals surface area contributed by atoms with E-state index >= 15 is 0 Å². The number of ether oxygens (including phenoxy) is 1. The predicted molar refractivity (Wildman–Crippen MR) is 169 cm³/mol. The average Bonchev–Trinajstić information content (AvgIpc) is 3.19. The van der Waals surface area contributed by atoms with Gasteiger partial charge in [0.25, 0.3) is 5.91 Å². The Balaban J connectivity index is 1.70. The number of benzene rings is 2. The van der Waals surface area contributed by atoms with E-state index in [4.69, 9.17) is 21.3 Å². The van der Waals surface area contributed by atoms with Crippen LogP contribution in [-0.2, 0) is 12.8 Å². The molecule has 1 aliphatic rings. The lowest BCUT2D eigenvalue weighted by molar-refractivity contribution is 0.102. The van der Waals surface area contributed by atoms with Crippen molar-refractivity contribution in [2.75, 3.05) is 11.9 Å². The van der Waals surface area contributed by atoms with Gasteiger partial charge in [-0.3, -0.25) is 4.79 Å². The number of carbonyl (C=O) groups is 1. The van der Waals surface area contributed by atoms with Crippen LogP contribution in [0.1, 0.15) is 60.5 Å². The fraction of sp³-hybridized carbons (Fsp3) is 0.357. The smallest absolute Gasteiger partial charge is 0.259 e. The fourth-order valence-corrected chi connectivity index (χ4v) is 7.95. The van der Waals surface area contributed by atoms with Gasteiger partial charge in [-0.05, 0) is 130 Å². The van der Waals surface area contributed by atoms with E-state index in [1.807, 2.05) is 25.3 Å². The molecule has 1 heterocycles. The fourth-order valence-electron chi connectivity index (χ4n) is 4.43. The van der Waals surface area contributed by atoms with Crippen LogP contribution in [0.3, 0.4) is 0 Å². The van der Waals surface area contributed by atoms with E-state index in [9.17, 15) is 4.79 Å². The molecule has 1 N–H and O–H groups in total. The monoisotopic (exact) mass is 746 g/mol. The largest absolute Gasteiger partial charge is 0.492 e. The van der Waals surface area contributed by atoms with Crippen molar-refractivity contribution in [3.63, 3.8) is 0 Å². The highest BCUT2D eigenvalue weighted by Crippen LogP contribution is 2.45. The minimum Gasteiger partial charge on any atom is -0.492 e. The van der Waals surface area contributed by atoms with Crippen LogP contribution in [0.2, 0.25) is 5.02 Å². The number of anilines is 1. The van der Waals surface area contributed by atoms with E-state index in [0.29, 0.717) is 23.1 Å². The Kier molecular flexibility index (Phi) is 9.05. The summed E-state index contributed by atoms with van der Waals surface area (Å²) >= 11 is 12.3. The van der Waals surface area contributed by atoms with Crippen molar-refractivity contribution in [1.29, 1.82) is 0 Å². The maximum absolute atomic E-state index is 13.5. The van der Waals surface area contributed by atoms with Gasteiger partial charge in [0, 0.05) is 21.8 Å². The van der Waals surface area contributed by atoms with Gasteiger partial charge in [0.05, 0.1) is 19.3 Å². The van der Waals surface area contributed by atoms with Gasteiger partial charge in [-0.1, -0.05) is 32.4 Å². The van der Waals surface area contributed by atoms with Crippen molar-refractivity contribution in [3.8, 4) is 5.75 Å². The van der Waals surface area contributed by atoms with Gasteiger partial charge >= 0.3 is 0 Å². The Morgan fingerprint density at radius 2 is 1.89 bits per heavy atom. The van der Waals surface area contributed by atoms with Gasteiger partial charge in [0.15, 0.2) is 0 Å². The van der Waals surface area contributed by atoms with Crippen LogP contribution < -0.4 is 10.1 Å². The molecule has 1 amide bonds. The molecular weight excluding hydrogens is 718 g/mol. The lowest BCUT2D eigenvalue weighted by Crippen LogP contribution is -2.27. The summed E-state index contributed by atoms with van der Waals surface area (Å²) in [4.78, 5) is 19.7. The van der Waals surface area contributed by atoms with Crippen molar-refractivity contribution < 1.29 is 9.53 Å². The minimum atomic E-state index is -0.118. The second-order valence-corrected chi connectivity index (χ2v) is 13.8. The van der Waals surface area contributed by atoms with E-state index < -0.39 is 0 Å². The molecule has 36 heavy (non-hydrogen) atoms. The number of nitrogens with zero attached hydrogens (tertiary/aromatic N) is 1. The highest BCUT2D eigenvalue weighted by atomic mass is 127. The maximum atomic E-state index is 13.5. The van der Waals surface area contributed by atoms with Crippen LogP contribution in [0, 0.1) is 18.5 Å². The van der Waals surface area contributed by atoms with Crippen molar-refractivity contribution >= 4 is 90.9 Å². The van der Waals surface area contributed by atoms with E-state index in [1.165, 1.54) is 4.88 Å². The summed E-state index contributed by atoms with van der Waals surface area (Å²) in [5, 5.41) is 4.46. The molecule has 1 atom stereocenters. The Morgan fingerprint density at radius 3 is 2.50 bits per heavy atom. The Hall–Kier alpha value is -1.17. The third-order valence-electron chi connectivity index (χ3n) is 6.44. The minimum absolute atomic E-state index is 0.118. The van der Waals surface area contributed by atoms with Gasteiger partial charge in [0.1, 0.15) is 10.8 Å².